The molecule has 1 aromatic rings. The molecule has 0 saturated carbocycles. The van der Waals surface area contributed by atoms with Crippen LogP contribution in [0.1, 0.15) is 43.7 Å². The quantitative estimate of drug-likeness (QED) is 0.275. The van der Waals surface area contributed by atoms with E-state index < -0.39 is 0 Å². The Kier molecular flexibility index (Phi) is 11.0. The predicted molar refractivity (Wildman–Crippen MR) is 121 cm³/mol. The van der Waals surface area contributed by atoms with Gasteiger partial charge in [0.25, 0.3) is 0 Å². The summed E-state index contributed by atoms with van der Waals surface area (Å²) in [6, 6.07) is 7.01. The number of benzene rings is 1. The molecular weight excluding hydrogens is 439 g/mol. The number of guanidine groups is 1. The zero-order valence-electron chi connectivity index (χ0n) is 16.7. The van der Waals surface area contributed by atoms with Crippen molar-refractivity contribution in [2.45, 2.75) is 52.1 Å². The minimum Gasteiger partial charge on any atom is -0.496 e. The maximum atomic E-state index is 5.46. The third-order valence-corrected chi connectivity index (χ3v) is 4.97. The molecule has 0 aromatic heterocycles. The molecule has 1 aliphatic rings. The van der Waals surface area contributed by atoms with Gasteiger partial charge in [-0.3, -0.25) is 4.99 Å². The molecule has 26 heavy (non-hydrogen) atoms. The van der Waals surface area contributed by atoms with Gasteiger partial charge in [-0.15, -0.1) is 24.0 Å². The molecule has 1 atom stereocenters. The van der Waals surface area contributed by atoms with Crippen LogP contribution in [0.4, 0.5) is 0 Å². The van der Waals surface area contributed by atoms with E-state index in [0.29, 0.717) is 6.54 Å². The smallest absolute Gasteiger partial charge is 0.191 e. The van der Waals surface area contributed by atoms with Crippen LogP contribution in [0.3, 0.4) is 0 Å². The van der Waals surface area contributed by atoms with Gasteiger partial charge in [-0.2, -0.15) is 0 Å². The standard InChI is InChI=1S/C20H34N4O.HI/c1-16-9-10-18(19(14-16)25-4)15-23-20(21-3)22-11-7-13-24-12-6-5-8-17(24)2;/h9-10,14,17H,5-8,11-13,15H2,1-4H3,(H2,21,22,23);1H. The topological polar surface area (TPSA) is 48.9 Å². The summed E-state index contributed by atoms with van der Waals surface area (Å²) < 4.78 is 5.46. The van der Waals surface area contributed by atoms with E-state index in [0.717, 1.165) is 42.8 Å². The lowest BCUT2D eigenvalue weighted by molar-refractivity contribution is 0.159. The Bertz CT molecular complexity index is 565. The van der Waals surface area contributed by atoms with Crippen molar-refractivity contribution in [3.05, 3.63) is 29.3 Å². The highest BCUT2D eigenvalue weighted by atomic mass is 127. The molecule has 1 aliphatic heterocycles. The molecule has 0 spiro atoms. The second-order valence-corrected chi connectivity index (χ2v) is 6.90. The first-order valence-corrected chi connectivity index (χ1v) is 9.46. The van der Waals surface area contributed by atoms with Gasteiger partial charge in [0.15, 0.2) is 5.96 Å². The van der Waals surface area contributed by atoms with Crippen LogP contribution < -0.4 is 15.4 Å². The number of likely N-dealkylation sites (tertiary alicyclic amines) is 1. The summed E-state index contributed by atoms with van der Waals surface area (Å²) in [6.07, 6.45) is 5.21. The number of piperidine rings is 1. The minimum absolute atomic E-state index is 0. The summed E-state index contributed by atoms with van der Waals surface area (Å²) >= 11 is 0. The second kappa shape index (κ2) is 12.4. The van der Waals surface area contributed by atoms with Gasteiger partial charge in [0.1, 0.15) is 5.75 Å². The zero-order valence-corrected chi connectivity index (χ0v) is 19.0. The first kappa shape index (κ1) is 23.0. The minimum atomic E-state index is 0. The van der Waals surface area contributed by atoms with Gasteiger partial charge in [0.2, 0.25) is 0 Å². The molecule has 0 amide bonds. The molecule has 0 radical (unpaired) electrons. The van der Waals surface area contributed by atoms with E-state index in [1.54, 1.807) is 7.11 Å². The third-order valence-electron chi connectivity index (χ3n) is 4.97. The number of methoxy groups -OCH3 is 1. The van der Waals surface area contributed by atoms with Crippen molar-refractivity contribution in [3.63, 3.8) is 0 Å². The molecule has 1 fully saturated rings. The lowest BCUT2D eigenvalue weighted by atomic mass is 10.0. The lowest BCUT2D eigenvalue weighted by Gasteiger charge is -2.33. The molecule has 1 saturated heterocycles. The fourth-order valence-electron chi connectivity index (χ4n) is 3.38. The summed E-state index contributed by atoms with van der Waals surface area (Å²) in [7, 11) is 3.53. The van der Waals surface area contributed by atoms with Crippen LogP contribution in [-0.4, -0.2) is 50.7 Å². The summed E-state index contributed by atoms with van der Waals surface area (Å²) in [5.74, 6) is 1.76. The Morgan fingerprint density at radius 3 is 2.81 bits per heavy atom. The summed E-state index contributed by atoms with van der Waals surface area (Å²) in [6.45, 7) is 8.48. The number of rotatable bonds is 7. The molecule has 6 heteroatoms. The van der Waals surface area contributed by atoms with E-state index in [-0.39, 0.29) is 24.0 Å². The predicted octanol–water partition coefficient (Wildman–Crippen LogP) is 3.55. The van der Waals surface area contributed by atoms with Gasteiger partial charge >= 0.3 is 0 Å². The number of hydrogen-bond acceptors (Lipinski definition) is 3. The summed E-state index contributed by atoms with van der Waals surface area (Å²) in [5.41, 5.74) is 2.34. The zero-order chi connectivity index (χ0) is 18.1. The molecule has 1 heterocycles. The number of ether oxygens (including phenoxy) is 1. The van der Waals surface area contributed by atoms with Gasteiger partial charge in [-0.25, -0.2) is 0 Å². The highest BCUT2D eigenvalue weighted by Crippen LogP contribution is 2.19. The normalized spacial score (nSPS) is 18.2. The van der Waals surface area contributed by atoms with Crippen molar-refractivity contribution >= 4 is 29.9 Å². The molecule has 1 aromatic carbocycles. The SMILES string of the molecule is CN=C(NCCCN1CCCCC1C)NCc1ccc(C)cc1OC.I. The number of aliphatic imine (C=N–C) groups is 1. The van der Waals surface area contributed by atoms with Gasteiger partial charge in [-0.1, -0.05) is 18.6 Å². The van der Waals surface area contributed by atoms with Crippen molar-refractivity contribution in [2.75, 3.05) is 33.8 Å². The number of halogens is 1. The number of hydrogen-bond donors (Lipinski definition) is 2. The van der Waals surface area contributed by atoms with E-state index in [2.05, 4.69) is 52.6 Å². The van der Waals surface area contributed by atoms with E-state index in [1.807, 2.05) is 7.05 Å². The number of nitrogens with zero attached hydrogens (tertiary/aromatic N) is 2. The first-order chi connectivity index (χ1) is 12.1. The number of aryl methyl sites for hydroxylation is 1. The van der Waals surface area contributed by atoms with Crippen LogP contribution in [0.15, 0.2) is 23.2 Å². The van der Waals surface area contributed by atoms with Crippen LogP contribution in [0.25, 0.3) is 0 Å². The van der Waals surface area contributed by atoms with Crippen LogP contribution in [-0.2, 0) is 6.54 Å². The third kappa shape index (κ3) is 7.31. The largest absolute Gasteiger partial charge is 0.496 e. The Labute approximate surface area is 176 Å². The van der Waals surface area contributed by atoms with Gasteiger partial charge in [0.05, 0.1) is 7.11 Å². The Morgan fingerprint density at radius 2 is 2.12 bits per heavy atom. The molecule has 2 N–H and O–H groups in total. The molecule has 148 valence electrons. The monoisotopic (exact) mass is 474 g/mol. The highest BCUT2D eigenvalue weighted by Gasteiger charge is 2.17. The van der Waals surface area contributed by atoms with E-state index in [4.69, 9.17) is 4.74 Å². The van der Waals surface area contributed by atoms with Crippen molar-refractivity contribution in [1.82, 2.24) is 15.5 Å². The van der Waals surface area contributed by atoms with Crippen LogP contribution in [0.2, 0.25) is 0 Å². The van der Waals surface area contributed by atoms with E-state index in [9.17, 15) is 0 Å². The molecule has 0 aliphatic carbocycles. The van der Waals surface area contributed by atoms with E-state index >= 15 is 0 Å². The maximum Gasteiger partial charge on any atom is 0.191 e. The van der Waals surface area contributed by atoms with Gasteiger partial charge in [-0.05, 0) is 51.3 Å². The molecule has 0 bridgehead atoms. The average Bonchev–Trinajstić information content (AvgIpc) is 2.63. The van der Waals surface area contributed by atoms with Crippen molar-refractivity contribution < 1.29 is 4.74 Å². The van der Waals surface area contributed by atoms with Crippen molar-refractivity contribution in [1.29, 1.82) is 0 Å². The van der Waals surface area contributed by atoms with Gasteiger partial charge < -0.3 is 20.3 Å². The van der Waals surface area contributed by atoms with Crippen molar-refractivity contribution in [2.24, 2.45) is 4.99 Å². The maximum absolute atomic E-state index is 5.46. The molecule has 2 rings (SSSR count). The Morgan fingerprint density at radius 1 is 1.31 bits per heavy atom. The molecular formula is C20H35IN4O. The highest BCUT2D eigenvalue weighted by molar-refractivity contribution is 14.0. The average molecular weight is 474 g/mol. The fraction of sp³-hybridized carbons (Fsp3) is 0.650. The summed E-state index contributed by atoms with van der Waals surface area (Å²) in [4.78, 5) is 6.93. The molecule has 1 unspecified atom stereocenters. The number of nitrogens with one attached hydrogen (secondary N) is 2. The second-order valence-electron chi connectivity index (χ2n) is 6.90. The van der Waals surface area contributed by atoms with Crippen LogP contribution in [0, 0.1) is 6.92 Å². The van der Waals surface area contributed by atoms with Crippen LogP contribution in [0.5, 0.6) is 5.75 Å². The molecule has 5 nitrogen and oxygen atoms in total. The lowest BCUT2D eigenvalue weighted by Crippen LogP contribution is -2.41. The fourth-order valence-corrected chi connectivity index (χ4v) is 3.38. The van der Waals surface area contributed by atoms with Gasteiger partial charge in [0, 0.05) is 38.3 Å². The Balaban J connectivity index is 0.00000338. The first-order valence-electron chi connectivity index (χ1n) is 9.46. The van der Waals surface area contributed by atoms with E-state index in [1.165, 1.54) is 31.4 Å². The Hall–Kier alpha value is -1.02. The van der Waals surface area contributed by atoms with Crippen LogP contribution >= 0.6 is 24.0 Å². The van der Waals surface area contributed by atoms with Crippen molar-refractivity contribution in [3.8, 4) is 5.75 Å². The summed E-state index contributed by atoms with van der Waals surface area (Å²) in [5, 5.41) is 6.79.